The molecular formula is C14H20FIN2O2. The lowest BCUT2D eigenvalue weighted by Crippen LogP contribution is -2.34. The van der Waals surface area contributed by atoms with Crippen molar-refractivity contribution in [2.75, 3.05) is 6.54 Å². The van der Waals surface area contributed by atoms with Gasteiger partial charge < -0.3 is 5.32 Å². The van der Waals surface area contributed by atoms with Gasteiger partial charge in [-0.25, -0.2) is 4.39 Å². The molecule has 0 saturated heterocycles. The third-order valence-electron chi connectivity index (χ3n) is 3.46. The number of benzene rings is 1. The lowest BCUT2D eigenvalue weighted by atomic mass is 9.90. The number of nitro groups is 1. The van der Waals surface area contributed by atoms with Gasteiger partial charge in [-0.05, 0) is 48.0 Å². The SMILES string of the molecule is CCCNC(CC)C(C)c1cc(F)c(I)cc1[N+](=O)[O-]. The quantitative estimate of drug-likeness (QED) is 0.428. The first-order valence-electron chi connectivity index (χ1n) is 6.79. The van der Waals surface area contributed by atoms with E-state index < -0.39 is 10.7 Å². The maximum absolute atomic E-state index is 13.8. The van der Waals surface area contributed by atoms with Crippen LogP contribution in [-0.2, 0) is 0 Å². The van der Waals surface area contributed by atoms with Crippen LogP contribution in [0.4, 0.5) is 10.1 Å². The molecule has 0 bridgehead atoms. The topological polar surface area (TPSA) is 55.2 Å². The molecule has 0 heterocycles. The van der Waals surface area contributed by atoms with E-state index in [4.69, 9.17) is 0 Å². The molecule has 0 aromatic heterocycles. The molecule has 0 radical (unpaired) electrons. The average Bonchev–Trinajstić information content (AvgIpc) is 2.41. The van der Waals surface area contributed by atoms with Crippen LogP contribution in [0, 0.1) is 19.5 Å². The summed E-state index contributed by atoms with van der Waals surface area (Å²) in [6.07, 6.45) is 1.83. The predicted molar refractivity (Wildman–Crippen MR) is 86.6 cm³/mol. The van der Waals surface area contributed by atoms with Crippen LogP contribution in [0.3, 0.4) is 0 Å². The molecule has 112 valence electrons. The molecule has 0 aliphatic carbocycles. The van der Waals surface area contributed by atoms with Gasteiger partial charge in [-0.1, -0.05) is 20.8 Å². The number of hydrogen-bond donors (Lipinski definition) is 1. The van der Waals surface area contributed by atoms with Crippen molar-refractivity contribution in [3.8, 4) is 0 Å². The summed E-state index contributed by atoms with van der Waals surface area (Å²) in [5.41, 5.74) is 0.461. The van der Waals surface area contributed by atoms with E-state index in [-0.39, 0.29) is 21.2 Å². The summed E-state index contributed by atoms with van der Waals surface area (Å²) in [5, 5.41) is 14.5. The molecule has 6 heteroatoms. The maximum atomic E-state index is 13.8. The Hall–Kier alpha value is -0.760. The van der Waals surface area contributed by atoms with Gasteiger partial charge in [-0.2, -0.15) is 0 Å². The van der Waals surface area contributed by atoms with Gasteiger partial charge in [0.1, 0.15) is 5.82 Å². The minimum Gasteiger partial charge on any atom is -0.313 e. The van der Waals surface area contributed by atoms with Crippen molar-refractivity contribution in [1.82, 2.24) is 5.32 Å². The normalized spacial score (nSPS) is 14.1. The second kappa shape index (κ2) is 7.87. The monoisotopic (exact) mass is 394 g/mol. The van der Waals surface area contributed by atoms with Gasteiger partial charge in [0.25, 0.3) is 5.69 Å². The summed E-state index contributed by atoms with van der Waals surface area (Å²) in [5.74, 6) is -0.512. The molecule has 1 aromatic rings. The van der Waals surface area contributed by atoms with Gasteiger partial charge in [0.15, 0.2) is 0 Å². The summed E-state index contributed by atoms with van der Waals surface area (Å²) in [4.78, 5) is 10.7. The first-order valence-corrected chi connectivity index (χ1v) is 7.86. The fourth-order valence-corrected chi connectivity index (χ4v) is 2.75. The van der Waals surface area contributed by atoms with Crippen LogP contribution in [0.1, 0.15) is 45.1 Å². The molecule has 1 rings (SSSR count). The highest BCUT2D eigenvalue weighted by Gasteiger charge is 2.26. The van der Waals surface area contributed by atoms with Crippen molar-refractivity contribution in [1.29, 1.82) is 0 Å². The van der Waals surface area contributed by atoms with E-state index in [1.54, 1.807) is 22.6 Å². The second-order valence-corrected chi connectivity index (χ2v) is 6.00. The van der Waals surface area contributed by atoms with Gasteiger partial charge in [0.05, 0.1) is 8.49 Å². The van der Waals surface area contributed by atoms with E-state index in [9.17, 15) is 14.5 Å². The van der Waals surface area contributed by atoms with Crippen LogP contribution < -0.4 is 5.32 Å². The van der Waals surface area contributed by atoms with Gasteiger partial charge in [-0.3, -0.25) is 10.1 Å². The Bertz CT molecular complexity index is 482. The van der Waals surface area contributed by atoms with Gasteiger partial charge in [0, 0.05) is 23.6 Å². The minimum atomic E-state index is -0.431. The molecule has 0 amide bonds. The molecule has 20 heavy (non-hydrogen) atoms. The molecular weight excluding hydrogens is 374 g/mol. The highest BCUT2D eigenvalue weighted by Crippen LogP contribution is 2.32. The first kappa shape index (κ1) is 17.3. The number of nitro benzene ring substituents is 1. The molecule has 0 aliphatic heterocycles. The van der Waals surface area contributed by atoms with E-state index in [1.165, 1.54) is 12.1 Å². The molecule has 0 fully saturated rings. The Morgan fingerprint density at radius 1 is 1.45 bits per heavy atom. The Morgan fingerprint density at radius 2 is 2.10 bits per heavy atom. The summed E-state index contributed by atoms with van der Waals surface area (Å²) in [6.45, 7) is 6.85. The molecule has 2 atom stereocenters. The lowest BCUT2D eigenvalue weighted by Gasteiger charge is -2.24. The van der Waals surface area contributed by atoms with Crippen molar-refractivity contribution in [3.63, 3.8) is 0 Å². The molecule has 2 unspecified atom stereocenters. The number of nitrogens with one attached hydrogen (secondary N) is 1. The van der Waals surface area contributed by atoms with Crippen LogP contribution >= 0.6 is 22.6 Å². The molecule has 4 nitrogen and oxygen atoms in total. The third-order valence-corrected chi connectivity index (χ3v) is 4.28. The van der Waals surface area contributed by atoms with Crippen molar-refractivity contribution in [2.24, 2.45) is 0 Å². The highest BCUT2D eigenvalue weighted by molar-refractivity contribution is 14.1. The standard InChI is InChI=1S/C14H20FIN2O2/c1-4-6-17-13(5-2)9(3)10-7-11(15)12(16)8-14(10)18(19)20/h7-9,13,17H,4-6H2,1-3H3. The Labute approximate surface area is 132 Å². The number of rotatable bonds is 7. The number of hydrogen-bond acceptors (Lipinski definition) is 3. The fraction of sp³-hybridized carbons (Fsp3) is 0.571. The van der Waals surface area contributed by atoms with Gasteiger partial charge in [-0.15, -0.1) is 0 Å². The van der Waals surface area contributed by atoms with E-state index in [0.717, 1.165) is 19.4 Å². The van der Waals surface area contributed by atoms with E-state index in [0.29, 0.717) is 5.56 Å². The van der Waals surface area contributed by atoms with Crippen molar-refractivity contribution in [3.05, 3.63) is 37.2 Å². The number of nitrogens with zero attached hydrogens (tertiary/aromatic N) is 1. The number of halogens is 2. The fourth-order valence-electron chi connectivity index (χ4n) is 2.30. The summed E-state index contributed by atoms with van der Waals surface area (Å²) < 4.78 is 14.0. The van der Waals surface area contributed by atoms with Gasteiger partial charge >= 0.3 is 0 Å². The summed E-state index contributed by atoms with van der Waals surface area (Å²) in [7, 11) is 0. The van der Waals surface area contributed by atoms with Crippen molar-refractivity contribution in [2.45, 2.75) is 45.6 Å². The van der Waals surface area contributed by atoms with Crippen molar-refractivity contribution < 1.29 is 9.31 Å². The molecule has 0 saturated carbocycles. The van der Waals surface area contributed by atoms with E-state index in [2.05, 4.69) is 12.2 Å². The van der Waals surface area contributed by atoms with E-state index in [1.807, 2.05) is 13.8 Å². The smallest absolute Gasteiger partial charge is 0.274 e. The van der Waals surface area contributed by atoms with Crippen LogP contribution in [0.25, 0.3) is 0 Å². The molecule has 0 aliphatic rings. The van der Waals surface area contributed by atoms with Gasteiger partial charge in [0.2, 0.25) is 0 Å². The van der Waals surface area contributed by atoms with E-state index >= 15 is 0 Å². The van der Waals surface area contributed by atoms with Crippen molar-refractivity contribution >= 4 is 28.3 Å². The largest absolute Gasteiger partial charge is 0.313 e. The zero-order valence-electron chi connectivity index (χ0n) is 12.0. The van der Waals surface area contributed by atoms with Crippen LogP contribution in [0.15, 0.2) is 12.1 Å². The summed E-state index contributed by atoms with van der Waals surface area (Å²) in [6, 6.07) is 2.72. The molecule has 1 N–H and O–H groups in total. The second-order valence-electron chi connectivity index (χ2n) is 4.84. The third kappa shape index (κ3) is 4.12. The maximum Gasteiger partial charge on any atom is 0.274 e. The van der Waals surface area contributed by atoms with Crippen LogP contribution in [0.5, 0.6) is 0 Å². The predicted octanol–water partition coefficient (Wildman–Crippen LogP) is 4.22. The Balaban J connectivity index is 3.15. The highest BCUT2D eigenvalue weighted by atomic mass is 127. The average molecular weight is 394 g/mol. The zero-order valence-corrected chi connectivity index (χ0v) is 14.1. The zero-order chi connectivity index (χ0) is 15.3. The Morgan fingerprint density at radius 3 is 2.60 bits per heavy atom. The first-order chi connectivity index (χ1) is 9.42. The molecule has 0 spiro atoms. The lowest BCUT2D eigenvalue weighted by molar-refractivity contribution is -0.385. The summed E-state index contributed by atoms with van der Waals surface area (Å²) >= 11 is 1.78. The van der Waals surface area contributed by atoms with Crippen LogP contribution in [-0.4, -0.2) is 17.5 Å². The minimum absolute atomic E-state index is 0.0000449. The Kier molecular flexibility index (Phi) is 6.81. The van der Waals surface area contributed by atoms with Crippen LogP contribution in [0.2, 0.25) is 0 Å². The molecule has 1 aromatic carbocycles.